The Morgan fingerprint density at radius 3 is 2.25 bits per heavy atom. The molecule has 0 atom stereocenters. The van der Waals surface area contributed by atoms with Gasteiger partial charge in [-0.15, -0.1) is 20.4 Å². The van der Waals surface area contributed by atoms with Gasteiger partial charge in [0, 0.05) is 31.3 Å². The minimum absolute atomic E-state index is 0.128. The fraction of sp³-hybridized carbons (Fsp3) is 0.455. The number of para-hydroxylation sites is 1. The van der Waals surface area contributed by atoms with Crippen LogP contribution in [0.5, 0.6) is 5.75 Å². The van der Waals surface area contributed by atoms with Gasteiger partial charge in [-0.05, 0) is 24.3 Å². The van der Waals surface area contributed by atoms with Crippen molar-refractivity contribution in [3.8, 4) is 17.3 Å². The van der Waals surface area contributed by atoms with E-state index in [1.807, 2.05) is 31.7 Å². The van der Waals surface area contributed by atoms with Gasteiger partial charge >= 0.3 is 6.18 Å². The lowest BCUT2D eigenvalue weighted by molar-refractivity contribution is -0.139. The summed E-state index contributed by atoms with van der Waals surface area (Å²) in [6.07, 6.45) is -3.58. The Labute approximate surface area is 183 Å². The summed E-state index contributed by atoms with van der Waals surface area (Å²) in [4.78, 5) is 2.03. The number of hydrogen-bond donors (Lipinski definition) is 0. The molecule has 2 aromatic heterocycles. The van der Waals surface area contributed by atoms with Gasteiger partial charge in [0.2, 0.25) is 5.89 Å². The van der Waals surface area contributed by atoms with E-state index in [1.54, 1.807) is 12.1 Å². The second-order valence-corrected chi connectivity index (χ2v) is 8.74. The predicted molar refractivity (Wildman–Crippen MR) is 111 cm³/mol. The van der Waals surface area contributed by atoms with Crippen LogP contribution in [0.15, 0.2) is 40.8 Å². The van der Waals surface area contributed by atoms with E-state index in [2.05, 4.69) is 20.4 Å². The Morgan fingerprint density at radius 2 is 1.66 bits per heavy atom. The van der Waals surface area contributed by atoms with Crippen LogP contribution in [0.2, 0.25) is 0 Å². The van der Waals surface area contributed by atoms with Gasteiger partial charge in [-0.2, -0.15) is 13.2 Å². The van der Waals surface area contributed by atoms with Crippen molar-refractivity contribution in [2.24, 2.45) is 0 Å². The van der Waals surface area contributed by atoms with E-state index in [1.165, 1.54) is 12.1 Å². The summed E-state index contributed by atoms with van der Waals surface area (Å²) in [5.41, 5.74) is -0.524. The predicted octanol–water partition coefficient (Wildman–Crippen LogP) is 4.89. The molecule has 0 N–H and O–H groups in total. The maximum absolute atomic E-state index is 13.2. The molecule has 0 aliphatic carbocycles. The number of alkyl halides is 3. The van der Waals surface area contributed by atoms with Crippen LogP contribution in [0.25, 0.3) is 11.6 Å². The Balaban J connectivity index is 1.37. The lowest BCUT2D eigenvalue weighted by atomic mass is 9.97. The molecule has 0 amide bonds. The fourth-order valence-electron chi connectivity index (χ4n) is 3.42. The molecule has 1 aliphatic heterocycles. The molecule has 1 saturated heterocycles. The Kier molecular flexibility index (Phi) is 5.79. The first-order valence-electron chi connectivity index (χ1n) is 10.4. The number of piperidine rings is 1. The summed E-state index contributed by atoms with van der Waals surface area (Å²) in [6.45, 7) is 7.14. The summed E-state index contributed by atoms with van der Waals surface area (Å²) in [7, 11) is 0. The zero-order chi connectivity index (χ0) is 22.9. The molecule has 1 fully saturated rings. The van der Waals surface area contributed by atoms with Crippen LogP contribution in [0.3, 0.4) is 0 Å². The lowest BCUT2D eigenvalue weighted by Crippen LogP contribution is -2.39. The lowest BCUT2D eigenvalue weighted by Gasteiger charge is -2.33. The quantitative estimate of drug-likeness (QED) is 0.563. The van der Waals surface area contributed by atoms with E-state index in [0.29, 0.717) is 49.2 Å². The molecule has 170 valence electrons. The number of nitrogens with zero attached hydrogens (tertiary/aromatic N) is 5. The van der Waals surface area contributed by atoms with Gasteiger partial charge in [-0.25, -0.2) is 0 Å². The number of ether oxygens (including phenoxy) is 1. The molecular weight excluding hydrogens is 423 g/mol. The van der Waals surface area contributed by atoms with E-state index < -0.39 is 11.7 Å². The van der Waals surface area contributed by atoms with Gasteiger partial charge in [0.25, 0.3) is 5.89 Å². The van der Waals surface area contributed by atoms with Crippen molar-refractivity contribution in [2.75, 3.05) is 18.0 Å². The first kappa shape index (κ1) is 22.0. The molecule has 0 bridgehead atoms. The van der Waals surface area contributed by atoms with E-state index in [0.717, 1.165) is 6.07 Å². The van der Waals surface area contributed by atoms with Gasteiger partial charge in [-0.1, -0.05) is 32.9 Å². The second kappa shape index (κ2) is 8.40. The molecule has 0 spiro atoms. The van der Waals surface area contributed by atoms with Crippen LogP contribution in [-0.4, -0.2) is 39.6 Å². The summed E-state index contributed by atoms with van der Waals surface area (Å²) in [5, 5.41) is 16.6. The van der Waals surface area contributed by atoms with Crippen molar-refractivity contribution < 1.29 is 22.3 Å². The number of anilines is 1. The molecule has 32 heavy (non-hydrogen) atoms. The molecular formula is C22H24F3N5O2. The van der Waals surface area contributed by atoms with Crippen LogP contribution >= 0.6 is 0 Å². The number of hydrogen-bond acceptors (Lipinski definition) is 7. The Bertz CT molecular complexity index is 1050. The van der Waals surface area contributed by atoms with Crippen LogP contribution < -0.4 is 9.64 Å². The van der Waals surface area contributed by atoms with Crippen LogP contribution in [0.1, 0.15) is 45.1 Å². The molecule has 10 heteroatoms. The highest BCUT2D eigenvalue weighted by Gasteiger charge is 2.35. The highest BCUT2D eigenvalue weighted by atomic mass is 19.4. The average Bonchev–Trinajstić information content (AvgIpc) is 3.25. The number of rotatable bonds is 4. The van der Waals surface area contributed by atoms with Crippen molar-refractivity contribution in [3.05, 3.63) is 47.9 Å². The Hall–Kier alpha value is -3.17. The summed E-state index contributed by atoms with van der Waals surface area (Å²) >= 11 is 0. The maximum Gasteiger partial charge on any atom is 0.419 e. The van der Waals surface area contributed by atoms with E-state index in [-0.39, 0.29) is 17.3 Å². The third-order valence-corrected chi connectivity index (χ3v) is 5.19. The van der Waals surface area contributed by atoms with Crippen LogP contribution in [-0.2, 0) is 11.6 Å². The van der Waals surface area contributed by atoms with E-state index >= 15 is 0 Å². The topological polar surface area (TPSA) is 77.2 Å². The molecule has 0 unspecified atom stereocenters. The normalized spacial score (nSPS) is 15.8. The monoisotopic (exact) mass is 447 g/mol. The zero-order valence-electron chi connectivity index (χ0n) is 18.1. The summed E-state index contributed by atoms with van der Waals surface area (Å²) < 4.78 is 50.9. The van der Waals surface area contributed by atoms with Gasteiger partial charge in [-0.3, -0.25) is 0 Å². The van der Waals surface area contributed by atoms with Crippen LogP contribution in [0.4, 0.5) is 19.0 Å². The van der Waals surface area contributed by atoms with Crippen molar-refractivity contribution in [3.63, 3.8) is 0 Å². The van der Waals surface area contributed by atoms with Gasteiger partial charge < -0.3 is 14.1 Å². The highest BCUT2D eigenvalue weighted by molar-refractivity contribution is 5.49. The molecule has 1 aliphatic rings. The molecule has 3 heterocycles. The minimum atomic E-state index is -4.44. The number of halogens is 3. The third-order valence-electron chi connectivity index (χ3n) is 5.19. The first-order valence-corrected chi connectivity index (χ1v) is 10.4. The van der Waals surface area contributed by atoms with Gasteiger partial charge in [0.15, 0.2) is 5.82 Å². The standard InChI is InChI=1S/C22H24F3N5O2/c1-21(2,3)20-29-28-19(32-20)16-8-9-18(27-26-16)30-12-10-14(11-13-30)31-17-7-5-4-6-15(17)22(23,24)25/h4-9,14H,10-13H2,1-3H3. The Morgan fingerprint density at radius 1 is 0.938 bits per heavy atom. The van der Waals surface area contributed by atoms with Crippen molar-refractivity contribution in [1.82, 2.24) is 20.4 Å². The van der Waals surface area contributed by atoms with Crippen molar-refractivity contribution >= 4 is 5.82 Å². The van der Waals surface area contributed by atoms with E-state index in [9.17, 15) is 13.2 Å². The smallest absolute Gasteiger partial charge is 0.419 e. The summed E-state index contributed by atoms with van der Waals surface area (Å²) in [5.74, 6) is 1.38. The zero-order valence-corrected chi connectivity index (χ0v) is 18.1. The first-order chi connectivity index (χ1) is 15.1. The number of aromatic nitrogens is 4. The molecule has 0 saturated carbocycles. The van der Waals surface area contributed by atoms with E-state index in [4.69, 9.17) is 9.15 Å². The largest absolute Gasteiger partial charge is 0.490 e. The third kappa shape index (κ3) is 4.84. The average molecular weight is 447 g/mol. The van der Waals surface area contributed by atoms with Crippen LogP contribution in [0, 0.1) is 0 Å². The minimum Gasteiger partial charge on any atom is -0.490 e. The van der Waals surface area contributed by atoms with Gasteiger partial charge in [0.05, 0.1) is 5.56 Å². The molecule has 7 nitrogen and oxygen atoms in total. The maximum atomic E-state index is 13.2. The molecule has 3 aromatic rings. The molecule has 0 radical (unpaired) electrons. The highest BCUT2D eigenvalue weighted by Crippen LogP contribution is 2.37. The molecule has 4 rings (SSSR count). The fourth-order valence-corrected chi connectivity index (χ4v) is 3.42. The van der Waals surface area contributed by atoms with Crippen molar-refractivity contribution in [1.29, 1.82) is 0 Å². The number of benzene rings is 1. The summed E-state index contributed by atoms with van der Waals surface area (Å²) in [6, 6.07) is 8.90. The SMILES string of the molecule is CC(C)(C)c1nnc(-c2ccc(N3CCC(Oc4ccccc4C(F)(F)F)CC3)nn2)o1. The molecule has 1 aromatic carbocycles. The van der Waals surface area contributed by atoms with Gasteiger partial charge in [0.1, 0.15) is 17.5 Å². The second-order valence-electron chi connectivity index (χ2n) is 8.74. The van der Waals surface area contributed by atoms with Crippen molar-refractivity contribution in [2.45, 2.75) is 51.3 Å².